The van der Waals surface area contributed by atoms with Gasteiger partial charge in [0, 0.05) is 54.8 Å². The Balaban J connectivity index is 1.34. The van der Waals surface area contributed by atoms with E-state index in [1.165, 1.54) is 64.5 Å². The topological polar surface area (TPSA) is 310 Å². The van der Waals surface area contributed by atoms with Gasteiger partial charge in [0.15, 0.2) is 15.2 Å². The lowest BCUT2D eigenvalue weighted by Crippen LogP contribution is -2.22. The first-order valence-electron chi connectivity index (χ1n) is 21.7. The van der Waals surface area contributed by atoms with Crippen LogP contribution in [-0.2, 0) is 20.2 Å². The predicted molar refractivity (Wildman–Crippen MR) is 278 cm³/mol. The summed E-state index contributed by atoms with van der Waals surface area (Å²) in [6, 6.07) is 12.3. The monoisotopic (exact) mass is 1080 g/mol. The Hall–Kier alpha value is -6.60. The average molecular weight is 1080 g/mol. The van der Waals surface area contributed by atoms with Gasteiger partial charge in [0.05, 0.1) is 68.8 Å². The lowest BCUT2D eigenvalue weighted by Gasteiger charge is -2.25. The first-order valence-corrected chi connectivity index (χ1v) is 27.1. The number of nitrogens with one attached hydrogen (secondary N) is 2. The molecule has 3 aromatic heterocycles. The molecule has 7 aromatic rings. The van der Waals surface area contributed by atoms with Gasteiger partial charge in [-0.25, -0.2) is 0 Å². The van der Waals surface area contributed by atoms with E-state index >= 15 is 0 Å². The van der Waals surface area contributed by atoms with Crippen LogP contribution in [0.1, 0.15) is 27.7 Å². The van der Waals surface area contributed by atoms with Crippen LogP contribution in [0, 0.1) is 0 Å². The Bertz CT molecular complexity index is 3190. The van der Waals surface area contributed by atoms with E-state index in [1.54, 1.807) is 12.1 Å². The number of anilines is 6. The van der Waals surface area contributed by atoms with Crippen LogP contribution in [0.15, 0.2) is 83.9 Å². The van der Waals surface area contributed by atoms with Crippen molar-refractivity contribution in [2.24, 2.45) is 20.5 Å². The lowest BCUT2D eigenvalue weighted by atomic mass is 10.2. The van der Waals surface area contributed by atoms with E-state index in [4.69, 9.17) is 33.9 Å². The molecule has 0 saturated heterocycles. The van der Waals surface area contributed by atoms with Gasteiger partial charge in [-0.2, -0.15) is 40.5 Å². The SMILES string of the molecule is CCN(CC)c1cc(Nc2nc(Nc3cc(N(CC)CC)c(OC)cc3/N=N/c3snc4cc(S(=O)(=O)O)c(OC)cc34)nc(SCCO)n2)c(/N=N/c2snc3cc(S(=O)(=O)O)c(OC)cc23)cc1OC. The van der Waals surface area contributed by atoms with Gasteiger partial charge < -0.3 is 44.5 Å². The summed E-state index contributed by atoms with van der Waals surface area (Å²) >= 11 is 3.09. The van der Waals surface area contributed by atoms with Gasteiger partial charge in [-0.1, -0.05) is 11.8 Å². The largest absolute Gasteiger partial charge is 0.495 e. The van der Waals surface area contributed by atoms with Crippen molar-refractivity contribution in [2.45, 2.75) is 42.6 Å². The predicted octanol–water partition coefficient (Wildman–Crippen LogP) is 9.71. The fraction of sp³-hybridized carbons (Fsp3) is 0.326. The number of benzene rings is 4. The second-order valence-electron chi connectivity index (χ2n) is 14.9. The minimum absolute atomic E-state index is 0.0702. The van der Waals surface area contributed by atoms with Crippen LogP contribution in [0.25, 0.3) is 21.8 Å². The van der Waals surface area contributed by atoms with Gasteiger partial charge >= 0.3 is 0 Å². The van der Waals surface area contributed by atoms with E-state index < -0.39 is 30.0 Å². The van der Waals surface area contributed by atoms with Gasteiger partial charge in [-0.05, 0) is 87.2 Å². The molecule has 0 amide bonds. The number of methoxy groups -OCH3 is 4. The van der Waals surface area contributed by atoms with Crippen molar-refractivity contribution in [2.75, 3.05) is 87.4 Å². The standard InChI is InChI=1S/C43H49N13O11S5/c1-9-55(10-2)31-17-27(29(19-33(31)64-5)49-51-39-23-15-35(66-7)37(71(58,59)60)21-25(23)53-69-39)44-41-46-42(48-43(47-41)68-14-13-57)45-28-18-32(56(11-3)12-4)34(65-6)20-30(28)50-52-40-24-16-36(67-8)38(72(61,62)63)22-26(24)54-70-40/h15-22,57H,9-14H2,1-8H3,(H,58,59,60)(H,61,62,63)(H2,44,45,46,47,48)/b51-49+,52-50+. The Morgan fingerprint density at radius 3 is 1.33 bits per heavy atom. The van der Waals surface area contributed by atoms with Gasteiger partial charge in [0.2, 0.25) is 11.9 Å². The molecule has 4 aromatic carbocycles. The fourth-order valence-electron chi connectivity index (χ4n) is 7.28. The maximum atomic E-state index is 12.1. The molecule has 7 rings (SSSR count). The molecule has 0 atom stereocenters. The zero-order valence-electron chi connectivity index (χ0n) is 39.9. The minimum atomic E-state index is -4.63. The average Bonchev–Trinajstić information content (AvgIpc) is 3.97. The lowest BCUT2D eigenvalue weighted by molar-refractivity contribution is 0.322. The van der Waals surface area contributed by atoms with Crippen LogP contribution >= 0.6 is 34.8 Å². The number of aliphatic hydroxyl groups is 1. The third kappa shape index (κ3) is 11.7. The van der Waals surface area contributed by atoms with Crippen molar-refractivity contribution in [3.63, 3.8) is 0 Å². The summed E-state index contributed by atoms with van der Waals surface area (Å²) in [5, 5.41) is 36.4. The maximum Gasteiger partial charge on any atom is 0.298 e. The van der Waals surface area contributed by atoms with Gasteiger partial charge in [-0.15, -0.1) is 20.5 Å². The highest BCUT2D eigenvalue weighted by Crippen LogP contribution is 2.45. The molecule has 0 aliphatic heterocycles. The fourth-order valence-corrected chi connectivity index (χ4v) is 10.5. The van der Waals surface area contributed by atoms with Crippen LogP contribution in [-0.4, -0.2) is 122 Å². The molecule has 0 aliphatic rings. The molecule has 72 heavy (non-hydrogen) atoms. The van der Waals surface area contributed by atoms with E-state index in [1.807, 2.05) is 39.8 Å². The normalized spacial score (nSPS) is 12.0. The molecular weight excluding hydrogens is 1030 g/mol. The molecule has 0 spiro atoms. The van der Waals surface area contributed by atoms with E-state index in [-0.39, 0.29) is 63.3 Å². The van der Waals surface area contributed by atoms with Crippen molar-refractivity contribution >= 4 is 133 Å². The number of thioether (sulfide) groups is 1. The highest BCUT2D eigenvalue weighted by Gasteiger charge is 2.24. The van der Waals surface area contributed by atoms with Crippen molar-refractivity contribution in [3.8, 4) is 23.0 Å². The van der Waals surface area contributed by atoms with E-state index in [0.717, 1.165) is 34.4 Å². The van der Waals surface area contributed by atoms with E-state index in [9.17, 15) is 31.0 Å². The molecule has 382 valence electrons. The maximum absolute atomic E-state index is 12.1. The number of aliphatic hydroxyl groups excluding tert-OH is 1. The second-order valence-corrected chi connectivity index (χ2v) is 20.2. The van der Waals surface area contributed by atoms with Crippen molar-refractivity contribution in [1.29, 1.82) is 0 Å². The third-order valence-electron chi connectivity index (χ3n) is 10.8. The Morgan fingerprint density at radius 2 is 0.986 bits per heavy atom. The highest BCUT2D eigenvalue weighted by atomic mass is 32.2. The molecule has 0 saturated carbocycles. The number of nitrogens with zero attached hydrogens (tertiary/aromatic N) is 11. The molecule has 3 heterocycles. The first kappa shape index (κ1) is 53.2. The van der Waals surface area contributed by atoms with Crippen molar-refractivity contribution in [3.05, 3.63) is 48.5 Å². The summed E-state index contributed by atoms with van der Waals surface area (Å²) in [5.41, 5.74) is 3.31. The first-order chi connectivity index (χ1) is 34.5. The van der Waals surface area contributed by atoms with Crippen LogP contribution < -0.4 is 39.4 Å². The highest BCUT2D eigenvalue weighted by molar-refractivity contribution is 7.99. The number of hydrogen-bond donors (Lipinski definition) is 5. The zero-order chi connectivity index (χ0) is 51.9. The number of rotatable bonds is 23. The van der Waals surface area contributed by atoms with Crippen LogP contribution in [0.4, 0.5) is 56.0 Å². The van der Waals surface area contributed by atoms with E-state index in [0.29, 0.717) is 69.8 Å². The third-order valence-corrected chi connectivity index (χ3v) is 14.9. The summed E-state index contributed by atoms with van der Waals surface area (Å²) in [6.07, 6.45) is 0. The Kier molecular flexibility index (Phi) is 16.9. The number of aromatic nitrogens is 5. The van der Waals surface area contributed by atoms with Gasteiger partial charge in [0.1, 0.15) is 44.2 Å². The van der Waals surface area contributed by atoms with Crippen LogP contribution in [0.5, 0.6) is 23.0 Å². The molecule has 0 unspecified atom stereocenters. The molecule has 0 radical (unpaired) electrons. The molecular formula is C43H49N13O11S5. The molecule has 0 aliphatic carbocycles. The van der Waals surface area contributed by atoms with Crippen molar-refractivity contribution in [1.82, 2.24) is 23.7 Å². The van der Waals surface area contributed by atoms with Gasteiger partial charge in [-0.3, -0.25) is 9.11 Å². The number of hydrogen-bond acceptors (Lipinski definition) is 25. The zero-order valence-corrected chi connectivity index (χ0v) is 44.0. The summed E-state index contributed by atoms with van der Waals surface area (Å²) in [6.45, 7) is 10.4. The van der Waals surface area contributed by atoms with E-state index in [2.05, 4.69) is 49.6 Å². The molecule has 29 heteroatoms. The molecule has 24 nitrogen and oxygen atoms in total. The molecule has 0 fully saturated rings. The molecule has 5 N–H and O–H groups in total. The van der Waals surface area contributed by atoms with Crippen LogP contribution in [0.2, 0.25) is 0 Å². The Morgan fingerprint density at radius 1 is 0.583 bits per heavy atom. The minimum Gasteiger partial charge on any atom is -0.495 e. The summed E-state index contributed by atoms with van der Waals surface area (Å²) in [7, 11) is -3.62. The summed E-state index contributed by atoms with van der Waals surface area (Å²) in [4.78, 5) is 17.5. The smallest absolute Gasteiger partial charge is 0.298 e. The van der Waals surface area contributed by atoms with Crippen molar-refractivity contribution < 1.29 is 50.0 Å². The summed E-state index contributed by atoms with van der Waals surface area (Å²) in [5.74, 6) is 1.16. The van der Waals surface area contributed by atoms with Crippen LogP contribution in [0.3, 0.4) is 0 Å². The Labute approximate surface area is 426 Å². The number of fused-ring (bicyclic) bond motifs is 2. The molecule has 0 bridgehead atoms. The van der Waals surface area contributed by atoms with Gasteiger partial charge in [0.25, 0.3) is 20.2 Å². The second kappa shape index (κ2) is 22.9. The quantitative estimate of drug-likeness (QED) is 0.0226. The summed E-state index contributed by atoms with van der Waals surface area (Å²) < 4.78 is 98.9. The number of ether oxygens (including phenoxy) is 4. The number of azo groups is 2.